The number of fused-ring (bicyclic) bond motifs is 1. The van der Waals surface area contributed by atoms with Crippen molar-refractivity contribution in [3.05, 3.63) is 59.6 Å². The van der Waals surface area contributed by atoms with Gasteiger partial charge in [0.25, 0.3) is 0 Å². The maximum Gasteiger partial charge on any atom is 0.191 e. The first-order chi connectivity index (χ1) is 12.7. The average molecular weight is 479 g/mol. The van der Waals surface area contributed by atoms with Gasteiger partial charge in [0, 0.05) is 24.2 Å². The Balaban J connectivity index is 0.00000261. The van der Waals surface area contributed by atoms with Gasteiger partial charge in [-0.15, -0.1) is 24.0 Å². The zero-order valence-corrected chi connectivity index (χ0v) is 18.2. The lowest BCUT2D eigenvalue weighted by Gasteiger charge is -2.10. The fourth-order valence-electron chi connectivity index (χ4n) is 2.65. The number of guanidine groups is 1. The molecular weight excluding hydrogens is 453 g/mol. The van der Waals surface area contributed by atoms with Crippen molar-refractivity contribution in [3.8, 4) is 0 Å². The minimum Gasteiger partial charge on any atom is -0.359 e. The molecule has 3 rings (SSSR count). The molecule has 7 heteroatoms. The molecule has 6 nitrogen and oxygen atoms in total. The third-order valence-corrected chi connectivity index (χ3v) is 4.09. The molecule has 144 valence electrons. The predicted octanol–water partition coefficient (Wildman–Crippen LogP) is 4.22. The Morgan fingerprint density at radius 1 is 1.19 bits per heavy atom. The summed E-state index contributed by atoms with van der Waals surface area (Å²) in [4.78, 5) is 9.09. The summed E-state index contributed by atoms with van der Waals surface area (Å²) in [5.41, 5.74) is 3.10. The molecule has 0 unspecified atom stereocenters. The maximum atomic E-state index is 5.37. The van der Waals surface area contributed by atoms with Crippen LogP contribution >= 0.6 is 24.0 Å². The van der Waals surface area contributed by atoms with Crippen molar-refractivity contribution in [2.24, 2.45) is 4.99 Å². The largest absolute Gasteiger partial charge is 0.359 e. The average Bonchev–Trinajstić information content (AvgIpc) is 3.13. The van der Waals surface area contributed by atoms with Gasteiger partial charge in [0.05, 0.1) is 24.3 Å². The van der Waals surface area contributed by atoms with E-state index in [1.54, 1.807) is 0 Å². The second-order valence-electron chi connectivity index (χ2n) is 6.41. The van der Waals surface area contributed by atoms with Crippen molar-refractivity contribution in [1.82, 2.24) is 20.8 Å². The van der Waals surface area contributed by atoms with Gasteiger partial charge < -0.3 is 15.2 Å². The first-order valence-electron chi connectivity index (χ1n) is 8.97. The number of hydrogen-bond donors (Lipinski definition) is 2. The van der Waals surface area contributed by atoms with Crippen LogP contribution in [0.5, 0.6) is 0 Å². The van der Waals surface area contributed by atoms with Crippen LogP contribution in [0.3, 0.4) is 0 Å². The number of pyridine rings is 1. The number of nitrogens with one attached hydrogen (secondary N) is 2. The highest BCUT2D eigenvalue weighted by Gasteiger charge is 2.08. The van der Waals surface area contributed by atoms with E-state index in [0.717, 1.165) is 40.4 Å². The summed E-state index contributed by atoms with van der Waals surface area (Å²) in [6, 6.07) is 12.1. The number of halogens is 1. The van der Waals surface area contributed by atoms with E-state index in [2.05, 4.69) is 40.7 Å². The van der Waals surface area contributed by atoms with Crippen LogP contribution in [0.1, 0.15) is 43.7 Å². The molecule has 0 bridgehead atoms. The monoisotopic (exact) mass is 479 g/mol. The van der Waals surface area contributed by atoms with Gasteiger partial charge in [-0.2, -0.15) is 0 Å². The van der Waals surface area contributed by atoms with Gasteiger partial charge in [-0.1, -0.05) is 37.2 Å². The van der Waals surface area contributed by atoms with Crippen molar-refractivity contribution in [3.63, 3.8) is 0 Å². The third kappa shape index (κ3) is 5.66. The minimum atomic E-state index is 0. The van der Waals surface area contributed by atoms with Crippen LogP contribution in [0.4, 0.5) is 0 Å². The molecule has 0 aliphatic carbocycles. The van der Waals surface area contributed by atoms with E-state index in [0.29, 0.717) is 19.0 Å². The Bertz CT molecular complexity index is 885. The van der Waals surface area contributed by atoms with Crippen molar-refractivity contribution in [1.29, 1.82) is 0 Å². The quantitative estimate of drug-likeness (QED) is 0.315. The Morgan fingerprint density at radius 2 is 2.00 bits per heavy atom. The minimum absolute atomic E-state index is 0. The van der Waals surface area contributed by atoms with Crippen molar-refractivity contribution >= 4 is 40.8 Å². The van der Waals surface area contributed by atoms with E-state index < -0.39 is 0 Å². The Hall–Kier alpha value is -2.16. The predicted molar refractivity (Wildman–Crippen MR) is 119 cm³/mol. The highest BCUT2D eigenvalue weighted by molar-refractivity contribution is 14.0. The SMILES string of the molecule is CCNC(=NCc1ccnc2ccccc12)NCc1cc(C(C)C)no1.I. The molecular formula is C20H26IN5O. The van der Waals surface area contributed by atoms with Crippen LogP contribution in [-0.4, -0.2) is 22.6 Å². The Morgan fingerprint density at radius 3 is 2.74 bits per heavy atom. The molecule has 0 saturated heterocycles. The van der Waals surface area contributed by atoms with Gasteiger partial charge in [-0.3, -0.25) is 4.98 Å². The highest BCUT2D eigenvalue weighted by atomic mass is 127. The lowest BCUT2D eigenvalue weighted by atomic mass is 10.1. The Kier molecular flexibility index (Phi) is 8.02. The van der Waals surface area contributed by atoms with Crippen molar-refractivity contribution < 1.29 is 4.52 Å². The number of para-hydroxylation sites is 1. The zero-order chi connectivity index (χ0) is 18.4. The van der Waals surface area contributed by atoms with E-state index >= 15 is 0 Å². The summed E-state index contributed by atoms with van der Waals surface area (Å²) >= 11 is 0. The van der Waals surface area contributed by atoms with Gasteiger partial charge in [0.15, 0.2) is 11.7 Å². The van der Waals surface area contributed by atoms with Gasteiger partial charge in [-0.05, 0) is 30.5 Å². The zero-order valence-electron chi connectivity index (χ0n) is 15.9. The second kappa shape index (κ2) is 10.2. The van der Waals surface area contributed by atoms with Crippen LogP contribution in [-0.2, 0) is 13.1 Å². The molecule has 27 heavy (non-hydrogen) atoms. The fraction of sp³-hybridized carbons (Fsp3) is 0.350. The summed E-state index contributed by atoms with van der Waals surface area (Å²) in [6.45, 7) is 8.15. The molecule has 0 spiro atoms. The number of aromatic nitrogens is 2. The molecule has 0 amide bonds. The molecule has 0 atom stereocenters. The van der Waals surface area contributed by atoms with Crippen LogP contribution < -0.4 is 10.6 Å². The number of hydrogen-bond acceptors (Lipinski definition) is 4. The molecule has 1 aromatic carbocycles. The summed E-state index contributed by atoms with van der Waals surface area (Å²) in [7, 11) is 0. The van der Waals surface area contributed by atoms with Gasteiger partial charge in [-0.25, -0.2) is 4.99 Å². The van der Waals surface area contributed by atoms with Crippen LogP contribution in [0, 0.1) is 0 Å². The summed E-state index contributed by atoms with van der Waals surface area (Å²) in [5.74, 6) is 1.90. The molecule has 0 aliphatic heterocycles. The van der Waals surface area contributed by atoms with Gasteiger partial charge >= 0.3 is 0 Å². The molecule has 0 aliphatic rings. The number of aliphatic imine (C=N–C) groups is 1. The second-order valence-corrected chi connectivity index (χ2v) is 6.41. The first kappa shape index (κ1) is 21.1. The van der Waals surface area contributed by atoms with Crippen LogP contribution in [0.15, 0.2) is 52.1 Å². The van der Waals surface area contributed by atoms with Crippen molar-refractivity contribution in [2.75, 3.05) is 6.54 Å². The van der Waals surface area contributed by atoms with E-state index in [1.165, 1.54) is 0 Å². The van der Waals surface area contributed by atoms with E-state index in [9.17, 15) is 0 Å². The Labute approximate surface area is 176 Å². The molecule has 0 saturated carbocycles. The standard InChI is InChI=1S/C20H25N5O.HI/c1-4-21-20(24-13-16-11-19(14(2)3)25-26-16)23-12-15-9-10-22-18-8-6-5-7-17(15)18;/h5-11,14H,4,12-13H2,1-3H3,(H2,21,23,24);1H. The molecule has 0 fully saturated rings. The molecule has 3 aromatic rings. The summed E-state index contributed by atoms with van der Waals surface area (Å²) < 4.78 is 5.37. The molecule has 0 radical (unpaired) electrons. The maximum absolute atomic E-state index is 5.37. The highest BCUT2D eigenvalue weighted by Crippen LogP contribution is 2.17. The molecule has 2 aromatic heterocycles. The molecule has 2 N–H and O–H groups in total. The van der Waals surface area contributed by atoms with Crippen LogP contribution in [0.2, 0.25) is 0 Å². The topological polar surface area (TPSA) is 75.3 Å². The normalized spacial score (nSPS) is 11.5. The number of rotatable bonds is 6. The van der Waals surface area contributed by atoms with Crippen LogP contribution in [0.25, 0.3) is 10.9 Å². The van der Waals surface area contributed by atoms with E-state index in [4.69, 9.17) is 9.52 Å². The summed E-state index contributed by atoms with van der Waals surface area (Å²) in [6.07, 6.45) is 1.83. The van der Waals surface area contributed by atoms with E-state index in [-0.39, 0.29) is 24.0 Å². The van der Waals surface area contributed by atoms with Gasteiger partial charge in [0.2, 0.25) is 0 Å². The molecule has 2 heterocycles. The van der Waals surface area contributed by atoms with Crippen molar-refractivity contribution in [2.45, 2.75) is 39.8 Å². The first-order valence-corrected chi connectivity index (χ1v) is 8.97. The number of benzene rings is 1. The lowest BCUT2D eigenvalue weighted by Crippen LogP contribution is -2.36. The third-order valence-electron chi connectivity index (χ3n) is 4.09. The van der Waals surface area contributed by atoms with E-state index in [1.807, 2.05) is 43.5 Å². The smallest absolute Gasteiger partial charge is 0.191 e. The fourth-order valence-corrected chi connectivity index (χ4v) is 2.65. The number of nitrogens with zero attached hydrogens (tertiary/aromatic N) is 3. The lowest BCUT2D eigenvalue weighted by molar-refractivity contribution is 0.372. The summed E-state index contributed by atoms with van der Waals surface area (Å²) in [5, 5.41) is 11.8. The van der Waals surface area contributed by atoms with Gasteiger partial charge in [0.1, 0.15) is 0 Å².